The third-order valence-corrected chi connectivity index (χ3v) is 3.27. The lowest BCUT2D eigenvalue weighted by Gasteiger charge is -2.23. The van der Waals surface area contributed by atoms with Crippen molar-refractivity contribution in [3.63, 3.8) is 0 Å². The molecular formula is C16H14O3. The molecule has 0 bridgehead atoms. The molecule has 0 radical (unpaired) electrons. The Balaban J connectivity index is 2.53. The average molecular weight is 254 g/mol. The van der Waals surface area contributed by atoms with Gasteiger partial charge >= 0.3 is 5.97 Å². The molecule has 3 heteroatoms. The van der Waals surface area contributed by atoms with Crippen molar-refractivity contribution in [2.75, 3.05) is 0 Å². The van der Waals surface area contributed by atoms with E-state index in [1.165, 1.54) is 6.92 Å². The number of ketones is 1. The summed E-state index contributed by atoms with van der Waals surface area (Å²) in [5.41, 5.74) is -0.685. The first kappa shape index (κ1) is 13.0. The SMILES string of the molecule is CC(C(=O)O)(C(=O)c1ccccc1)c1ccccc1. The highest BCUT2D eigenvalue weighted by Gasteiger charge is 2.43. The normalized spacial score (nSPS) is 13.5. The zero-order valence-electron chi connectivity index (χ0n) is 10.5. The molecule has 2 aromatic rings. The Bertz CT molecular complexity index is 590. The first-order valence-electron chi connectivity index (χ1n) is 5.95. The van der Waals surface area contributed by atoms with Crippen LogP contribution >= 0.6 is 0 Å². The Morgan fingerprint density at radius 3 is 1.84 bits per heavy atom. The van der Waals surface area contributed by atoms with Crippen LogP contribution in [0.3, 0.4) is 0 Å². The van der Waals surface area contributed by atoms with Crippen LogP contribution in [0.1, 0.15) is 22.8 Å². The van der Waals surface area contributed by atoms with Gasteiger partial charge < -0.3 is 5.11 Å². The Morgan fingerprint density at radius 1 is 0.895 bits per heavy atom. The van der Waals surface area contributed by atoms with Crippen LogP contribution in [-0.4, -0.2) is 16.9 Å². The number of hydrogen-bond acceptors (Lipinski definition) is 2. The van der Waals surface area contributed by atoms with E-state index in [0.29, 0.717) is 11.1 Å². The molecule has 3 nitrogen and oxygen atoms in total. The first-order valence-corrected chi connectivity index (χ1v) is 5.95. The van der Waals surface area contributed by atoms with E-state index in [1.54, 1.807) is 60.7 Å². The second-order valence-corrected chi connectivity index (χ2v) is 4.49. The zero-order chi connectivity index (χ0) is 13.9. The third kappa shape index (κ3) is 2.27. The predicted molar refractivity (Wildman–Crippen MR) is 72.2 cm³/mol. The molecule has 1 unspecified atom stereocenters. The minimum absolute atomic E-state index is 0.399. The van der Waals surface area contributed by atoms with Gasteiger partial charge in [-0.05, 0) is 12.5 Å². The average Bonchev–Trinajstić information content (AvgIpc) is 2.47. The summed E-state index contributed by atoms with van der Waals surface area (Å²) in [6.07, 6.45) is 0. The van der Waals surface area contributed by atoms with Crippen LogP contribution in [0, 0.1) is 0 Å². The van der Waals surface area contributed by atoms with Crippen molar-refractivity contribution in [2.24, 2.45) is 0 Å². The molecule has 2 rings (SSSR count). The van der Waals surface area contributed by atoms with E-state index in [0.717, 1.165) is 0 Å². The van der Waals surface area contributed by atoms with Gasteiger partial charge in [0, 0.05) is 5.56 Å². The highest BCUT2D eigenvalue weighted by molar-refractivity contribution is 6.16. The number of carbonyl (C=O) groups excluding carboxylic acids is 1. The van der Waals surface area contributed by atoms with Gasteiger partial charge in [0.05, 0.1) is 0 Å². The molecule has 0 aliphatic carbocycles. The lowest BCUT2D eigenvalue weighted by Crippen LogP contribution is -2.40. The van der Waals surface area contributed by atoms with Crippen molar-refractivity contribution >= 4 is 11.8 Å². The summed E-state index contributed by atoms with van der Waals surface area (Å²) in [6.45, 7) is 1.44. The summed E-state index contributed by atoms with van der Waals surface area (Å²) in [7, 11) is 0. The summed E-state index contributed by atoms with van der Waals surface area (Å²) in [5, 5.41) is 9.50. The predicted octanol–water partition coefficient (Wildman–Crippen LogP) is 2.91. The van der Waals surface area contributed by atoms with Crippen molar-refractivity contribution in [3.8, 4) is 0 Å². The van der Waals surface area contributed by atoms with E-state index >= 15 is 0 Å². The van der Waals surface area contributed by atoms with Gasteiger partial charge in [0.15, 0.2) is 11.2 Å². The molecule has 0 amide bonds. The molecule has 0 saturated heterocycles. The smallest absolute Gasteiger partial charge is 0.321 e. The van der Waals surface area contributed by atoms with Gasteiger partial charge in [-0.1, -0.05) is 60.7 Å². The lowest BCUT2D eigenvalue weighted by atomic mass is 9.76. The molecule has 0 heterocycles. The maximum atomic E-state index is 12.5. The Labute approximate surface area is 111 Å². The largest absolute Gasteiger partial charge is 0.480 e. The molecule has 0 fully saturated rings. The van der Waals surface area contributed by atoms with E-state index in [4.69, 9.17) is 0 Å². The van der Waals surface area contributed by atoms with Crippen molar-refractivity contribution in [2.45, 2.75) is 12.3 Å². The van der Waals surface area contributed by atoms with Crippen molar-refractivity contribution in [1.82, 2.24) is 0 Å². The van der Waals surface area contributed by atoms with Gasteiger partial charge in [-0.3, -0.25) is 9.59 Å². The number of aliphatic carboxylic acids is 1. The molecule has 0 aromatic heterocycles. The van der Waals surface area contributed by atoms with Gasteiger partial charge in [-0.25, -0.2) is 0 Å². The summed E-state index contributed by atoms with van der Waals surface area (Å²) in [6, 6.07) is 17.1. The lowest BCUT2D eigenvalue weighted by molar-refractivity contribution is -0.141. The van der Waals surface area contributed by atoms with Crippen LogP contribution in [0.2, 0.25) is 0 Å². The Hall–Kier alpha value is -2.42. The molecule has 1 N–H and O–H groups in total. The number of carboxylic acids is 1. The maximum absolute atomic E-state index is 12.5. The van der Waals surface area contributed by atoms with E-state index in [-0.39, 0.29) is 0 Å². The quantitative estimate of drug-likeness (QED) is 0.674. The standard InChI is InChI=1S/C16H14O3/c1-16(15(18)19,13-10-6-3-7-11-13)14(17)12-8-4-2-5-9-12/h2-11H,1H3,(H,18,19). The Kier molecular flexibility index (Phi) is 3.47. The fraction of sp³-hybridized carbons (Fsp3) is 0.125. The molecule has 0 aliphatic heterocycles. The second-order valence-electron chi connectivity index (χ2n) is 4.49. The number of Topliss-reactive ketones (excluding diaryl/α,β-unsaturated/α-hetero) is 1. The van der Waals surface area contributed by atoms with Crippen LogP contribution in [0.25, 0.3) is 0 Å². The molecule has 0 aliphatic rings. The highest BCUT2D eigenvalue weighted by atomic mass is 16.4. The fourth-order valence-corrected chi connectivity index (χ4v) is 2.00. The van der Waals surface area contributed by atoms with Crippen molar-refractivity contribution in [3.05, 3.63) is 71.8 Å². The summed E-state index contributed by atoms with van der Waals surface area (Å²) < 4.78 is 0. The van der Waals surface area contributed by atoms with Gasteiger partial charge in [-0.2, -0.15) is 0 Å². The van der Waals surface area contributed by atoms with Crippen LogP contribution in [0.4, 0.5) is 0 Å². The summed E-state index contributed by atoms with van der Waals surface area (Å²) in [4.78, 5) is 24.1. The Morgan fingerprint density at radius 2 is 1.37 bits per heavy atom. The molecular weight excluding hydrogens is 240 g/mol. The molecule has 96 valence electrons. The third-order valence-electron chi connectivity index (χ3n) is 3.27. The van der Waals surface area contributed by atoms with Crippen molar-refractivity contribution in [1.29, 1.82) is 0 Å². The molecule has 1 atom stereocenters. The van der Waals surface area contributed by atoms with Gasteiger partial charge in [0.25, 0.3) is 0 Å². The molecule has 0 saturated carbocycles. The van der Waals surface area contributed by atoms with Crippen LogP contribution < -0.4 is 0 Å². The summed E-state index contributed by atoms with van der Waals surface area (Å²) >= 11 is 0. The first-order chi connectivity index (χ1) is 9.06. The molecule has 2 aromatic carbocycles. The van der Waals surface area contributed by atoms with Crippen LogP contribution in [0.15, 0.2) is 60.7 Å². The zero-order valence-corrected chi connectivity index (χ0v) is 10.5. The maximum Gasteiger partial charge on any atom is 0.321 e. The number of carbonyl (C=O) groups is 2. The number of rotatable bonds is 4. The van der Waals surface area contributed by atoms with Crippen molar-refractivity contribution < 1.29 is 14.7 Å². The van der Waals surface area contributed by atoms with E-state index < -0.39 is 17.2 Å². The van der Waals surface area contributed by atoms with E-state index in [9.17, 15) is 14.7 Å². The number of hydrogen-bond donors (Lipinski definition) is 1. The topological polar surface area (TPSA) is 54.4 Å². The fourth-order valence-electron chi connectivity index (χ4n) is 2.00. The number of carboxylic acid groups (broad SMARTS) is 1. The second kappa shape index (κ2) is 5.06. The highest BCUT2D eigenvalue weighted by Crippen LogP contribution is 2.28. The van der Waals surface area contributed by atoms with E-state index in [1.807, 2.05) is 0 Å². The van der Waals surface area contributed by atoms with E-state index in [2.05, 4.69) is 0 Å². The minimum Gasteiger partial charge on any atom is -0.480 e. The molecule has 19 heavy (non-hydrogen) atoms. The van der Waals surface area contributed by atoms with Gasteiger partial charge in [0.2, 0.25) is 0 Å². The number of benzene rings is 2. The van der Waals surface area contributed by atoms with Crippen LogP contribution in [0.5, 0.6) is 0 Å². The van der Waals surface area contributed by atoms with Crippen LogP contribution in [-0.2, 0) is 10.2 Å². The van der Waals surface area contributed by atoms with Gasteiger partial charge in [-0.15, -0.1) is 0 Å². The summed E-state index contributed by atoms with van der Waals surface area (Å²) in [5.74, 6) is -1.56. The monoisotopic (exact) mass is 254 g/mol. The molecule has 0 spiro atoms. The van der Waals surface area contributed by atoms with Gasteiger partial charge in [0.1, 0.15) is 0 Å². The minimum atomic E-state index is -1.57.